The SMILES string of the molecule is O=C(NC(Nc1ccc2cn[nH]c2c1)c1ccoc1)c1cccc(Cc2n[nH]c(=O)c3c2CCCC3)c1. The number of aromatic amines is 2. The summed E-state index contributed by atoms with van der Waals surface area (Å²) >= 11 is 0. The molecule has 4 N–H and O–H groups in total. The van der Waals surface area contributed by atoms with Crippen molar-refractivity contribution in [1.29, 1.82) is 0 Å². The van der Waals surface area contributed by atoms with Crippen molar-refractivity contribution < 1.29 is 9.21 Å². The van der Waals surface area contributed by atoms with Gasteiger partial charge in [-0.25, -0.2) is 5.10 Å². The van der Waals surface area contributed by atoms with E-state index in [1.165, 1.54) is 0 Å². The molecule has 2 aromatic carbocycles. The zero-order valence-electron chi connectivity index (χ0n) is 20.1. The van der Waals surface area contributed by atoms with Gasteiger partial charge in [-0.15, -0.1) is 0 Å². The fourth-order valence-electron chi connectivity index (χ4n) is 4.94. The Kier molecular flexibility index (Phi) is 6.02. The number of fused-ring (bicyclic) bond motifs is 2. The van der Waals surface area contributed by atoms with Gasteiger partial charge in [0.2, 0.25) is 0 Å². The molecule has 0 bridgehead atoms. The average Bonchev–Trinajstić information content (AvgIpc) is 3.63. The quantitative estimate of drug-likeness (QED) is 0.250. The number of H-pyrrole nitrogens is 2. The molecule has 5 aromatic rings. The molecule has 0 fully saturated rings. The van der Waals surface area contributed by atoms with E-state index in [1.807, 2.05) is 42.5 Å². The lowest BCUT2D eigenvalue weighted by atomic mass is 9.90. The molecule has 1 unspecified atom stereocenters. The van der Waals surface area contributed by atoms with E-state index in [4.69, 9.17) is 4.42 Å². The molecular formula is C28H26N6O3. The Labute approximate surface area is 212 Å². The third-order valence-electron chi connectivity index (χ3n) is 6.85. The third-order valence-corrected chi connectivity index (χ3v) is 6.85. The largest absolute Gasteiger partial charge is 0.472 e. The summed E-state index contributed by atoms with van der Waals surface area (Å²) in [6.07, 6.45) is 8.72. The highest BCUT2D eigenvalue weighted by atomic mass is 16.3. The summed E-state index contributed by atoms with van der Waals surface area (Å²) in [7, 11) is 0. The first-order valence-corrected chi connectivity index (χ1v) is 12.3. The number of aromatic nitrogens is 4. The smallest absolute Gasteiger partial charge is 0.267 e. The maximum atomic E-state index is 13.3. The number of carbonyl (C=O) groups is 1. The van der Waals surface area contributed by atoms with Gasteiger partial charge in [-0.05, 0) is 73.2 Å². The molecule has 1 amide bonds. The van der Waals surface area contributed by atoms with Crippen LogP contribution in [0.5, 0.6) is 0 Å². The van der Waals surface area contributed by atoms with Gasteiger partial charge in [0.05, 0.1) is 29.9 Å². The van der Waals surface area contributed by atoms with E-state index in [0.717, 1.165) is 70.2 Å². The molecular weight excluding hydrogens is 468 g/mol. The topological polar surface area (TPSA) is 129 Å². The van der Waals surface area contributed by atoms with E-state index >= 15 is 0 Å². The molecule has 0 radical (unpaired) electrons. The molecule has 1 aliphatic carbocycles. The van der Waals surface area contributed by atoms with Crippen LogP contribution < -0.4 is 16.2 Å². The minimum atomic E-state index is -0.511. The van der Waals surface area contributed by atoms with E-state index in [2.05, 4.69) is 31.0 Å². The van der Waals surface area contributed by atoms with Gasteiger partial charge in [0.1, 0.15) is 6.17 Å². The number of hydrogen-bond donors (Lipinski definition) is 4. The Bertz CT molecular complexity index is 1620. The van der Waals surface area contributed by atoms with Crippen LogP contribution in [0.3, 0.4) is 0 Å². The molecule has 0 spiro atoms. The van der Waals surface area contributed by atoms with Gasteiger partial charge < -0.3 is 15.1 Å². The van der Waals surface area contributed by atoms with Crippen LogP contribution in [0.2, 0.25) is 0 Å². The fraction of sp³-hybridized carbons (Fsp3) is 0.214. The van der Waals surface area contributed by atoms with Crippen molar-refractivity contribution in [2.45, 2.75) is 38.3 Å². The van der Waals surface area contributed by atoms with Crippen molar-refractivity contribution in [3.05, 3.63) is 111 Å². The maximum absolute atomic E-state index is 13.3. The Balaban J connectivity index is 1.22. The molecule has 186 valence electrons. The third kappa shape index (κ3) is 4.75. The number of rotatable bonds is 7. The van der Waals surface area contributed by atoms with Crippen LogP contribution in [-0.4, -0.2) is 26.3 Å². The Hall–Kier alpha value is -4.66. The van der Waals surface area contributed by atoms with Crippen LogP contribution in [0.1, 0.15) is 57.3 Å². The van der Waals surface area contributed by atoms with E-state index in [-0.39, 0.29) is 11.5 Å². The van der Waals surface area contributed by atoms with Crippen molar-refractivity contribution in [3.63, 3.8) is 0 Å². The highest BCUT2D eigenvalue weighted by Gasteiger charge is 2.20. The second kappa shape index (κ2) is 9.77. The van der Waals surface area contributed by atoms with Crippen LogP contribution in [0, 0.1) is 0 Å². The van der Waals surface area contributed by atoms with Crippen molar-refractivity contribution >= 4 is 22.5 Å². The predicted molar refractivity (Wildman–Crippen MR) is 139 cm³/mol. The number of amides is 1. The summed E-state index contributed by atoms with van der Waals surface area (Å²) in [6, 6.07) is 15.2. The summed E-state index contributed by atoms with van der Waals surface area (Å²) in [4.78, 5) is 25.5. The Morgan fingerprint density at radius 3 is 2.81 bits per heavy atom. The van der Waals surface area contributed by atoms with Crippen LogP contribution in [-0.2, 0) is 19.3 Å². The minimum absolute atomic E-state index is 0.0870. The summed E-state index contributed by atoms with van der Waals surface area (Å²) in [6.45, 7) is 0. The molecule has 9 nitrogen and oxygen atoms in total. The molecule has 0 saturated carbocycles. The summed E-state index contributed by atoms with van der Waals surface area (Å²) in [5, 5.41) is 21.5. The molecule has 9 heteroatoms. The van der Waals surface area contributed by atoms with Gasteiger partial charge >= 0.3 is 0 Å². The zero-order valence-corrected chi connectivity index (χ0v) is 20.1. The van der Waals surface area contributed by atoms with Gasteiger partial charge in [0.25, 0.3) is 11.5 Å². The second-order valence-electron chi connectivity index (χ2n) is 9.32. The minimum Gasteiger partial charge on any atom is -0.472 e. The number of hydrogen-bond acceptors (Lipinski definition) is 6. The number of carbonyl (C=O) groups excluding carboxylic acids is 1. The Morgan fingerprint density at radius 2 is 1.95 bits per heavy atom. The van der Waals surface area contributed by atoms with Crippen molar-refractivity contribution in [3.8, 4) is 0 Å². The molecule has 37 heavy (non-hydrogen) atoms. The average molecular weight is 495 g/mol. The number of nitrogens with one attached hydrogen (secondary N) is 4. The zero-order chi connectivity index (χ0) is 25.2. The first-order valence-electron chi connectivity index (χ1n) is 12.3. The molecule has 0 aliphatic heterocycles. The predicted octanol–water partition coefficient (Wildman–Crippen LogP) is 4.25. The summed E-state index contributed by atoms with van der Waals surface area (Å²) < 4.78 is 5.28. The van der Waals surface area contributed by atoms with Gasteiger partial charge in [-0.1, -0.05) is 12.1 Å². The first kappa shape index (κ1) is 22.8. The van der Waals surface area contributed by atoms with Crippen LogP contribution in [0.25, 0.3) is 10.9 Å². The fourth-order valence-corrected chi connectivity index (χ4v) is 4.94. The highest BCUT2D eigenvalue weighted by molar-refractivity contribution is 5.95. The standard InChI is InChI=1S/C28H26N6O3/c35-27(31-26(20-10-11-37-16-20)30-21-9-8-19-15-29-32-24(19)14-21)18-5-3-4-17(12-18)13-25-22-6-1-2-7-23(22)28(36)34-33-25/h3-5,8-12,14-16,26,30H,1-2,6-7,13H2,(H,29,32)(H,31,35)(H,34,36). The van der Waals surface area contributed by atoms with E-state index < -0.39 is 6.17 Å². The second-order valence-corrected chi connectivity index (χ2v) is 9.32. The van der Waals surface area contributed by atoms with E-state index in [9.17, 15) is 9.59 Å². The first-order chi connectivity index (χ1) is 18.1. The van der Waals surface area contributed by atoms with Crippen molar-refractivity contribution in [2.75, 3.05) is 5.32 Å². The lowest BCUT2D eigenvalue weighted by Crippen LogP contribution is -2.33. The van der Waals surface area contributed by atoms with Gasteiger partial charge in [0.15, 0.2) is 0 Å². The number of nitrogens with zero attached hydrogens (tertiary/aromatic N) is 2. The maximum Gasteiger partial charge on any atom is 0.267 e. The molecule has 6 rings (SSSR count). The molecule has 3 aromatic heterocycles. The van der Waals surface area contributed by atoms with Gasteiger partial charge in [-0.2, -0.15) is 10.2 Å². The van der Waals surface area contributed by atoms with Gasteiger partial charge in [0, 0.05) is 34.2 Å². The summed E-state index contributed by atoms with van der Waals surface area (Å²) in [5.41, 5.74) is 6.70. The normalized spacial score (nSPS) is 13.7. The monoisotopic (exact) mass is 494 g/mol. The van der Waals surface area contributed by atoms with Crippen molar-refractivity contribution in [2.24, 2.45) is 0 Å². The van der Waals surface area contributed by atoms with E-state index in [1.54, 1.807) is 24.8 Å². The highest BCUT2D eigenvalue weighted by Crippen LogP contribution is 2.24. The van der Waals surface area contributed by atoms with Crippen molar-refractivity contribution in [1.82, 2.24) is 25.7 Å². The lowest BCUT2D eigenvalue weighted by molar-refractivity contribution is 0.0941. The number of anilines is 1. The number of furan rings is 1. The molecule has 3 heterocycles. The molecule has 1 aliphatic rings. The van der Waals surface area contributed by atoms with Crippen LogP contribution >= 0.6 is 0 Å². The lowest BCUT2D eigenvalue weighted by Gasteiger charge is -2.21. The number of benzene rings is 2. The van der Waals surface area contributed by atoms with E-state index in [0.29, 0.717) is 12.0 Å². The molecule has 0 saturated heterocycles. The van der Waals surface area contributed by atoms with Gasteiger partial charge in [-0.3, -0.25) is 14.7 Å². The Morgan fingerprint density at radius 1 is 1.05 bits per heavy atom. The van der Waals surface area contributed by atoms with Crippen LogP contribution in [0.4, 0.5) is 5.69 Å². The van der Waals surface area contributed by atoms with Crippen LogP contribution in [0.15, 0.2) is 76.5 Å². The summed E-state index contributed by atoms with van der Waals surface area (Å²) in [5.74, 6) is -0.223. The molecule has 1 atom stereocenters.